The van der Waals surface area contributed by atoms with Crippen molar-refractivity contribution in [3.05, 3.63) is 35.6 Å². The molecule has 0 bridgehead atoms. The Morgan fingerprint density at radius 2 is 2.29 bits per heavy atom. The van der Waals surface area contributed by atoms with Gasteiger partial charge in [0.1, 0.15) is 5.82 Å². The standard InChI is InChI=1S/C12H15FO/c1-9-5-6-12(14,8-9)10-3-2-4-11(13)7-10/h2-4,7,9,14H,5-6,8H2,1H3/t9-,12+/m0/s1. The zero-order valence-electron chi connectivity index (χ0n) is 8.33. The molecule has 0 saturated heterocycles. The summed E-state index contributed by atoms with van der Waals surface area (Å²) in [6, 6.07) is 6.32. The second-order valence-corrected chi connectivity index (χ2v) is 4.39. The highest BCUT2D eigenvalue weighted by Gasteiger charge is 2.36. The van der Waals surface area contributed by atoms with Gasteiger partial charge < -0.3 is 5.11 Å². The first kappa shape index (κ1) is 9.66. The summed E-state index contributed by atoms with van der Waals surface area (Å²) in [6.45, 7) is 2.12. The van der Waals surface area contributed by atoms with Crippen LogP contribution in [0.3, 0.4) is 0 Å². The Labute approximate surface area is 83.6 Å². The van der Waals surface area contributed by atoms with Crippen LogP contribution in [0.15, 0.2) is 24.3 Å². The first-order chi connectivity index (χ1) is 6.60. The molecule has 1 saturated carbocycles. The van der Waals surface area contributed by atoms with Gasteiger partial charge in [0, 0.05) is 0 Å². The van der Waals surface area contributed by atoms with E-state index in [1.165, 1.54) is 12.1 Å². The summed E-state index contributed by atoms with van der Waals surface area (Å²) in [4.78, 5) is 0. The Balaban J connectivity index is 2.30. The van der Waals surface area contributed by atoms with E-state index in [2.05, 4.69) is 6.92 Å². The van der Waals surface area contributed by atoms with Crippen LogP contribution in [0.25, 0.3) is 0 Å². The Morgan fingerprint density at radius 3 is 2.86 bits per heavy atom. The summed E-state index contributed by atoms with van der Waals surface area (Å²) >= 11 is 0. The number of hydrogen-bond acceptors (Lipinski definition) is 1. The molecule has 0 aromatic heterocycles. The van der Waals surface area contributed by atoms with E-state index in [-0.39, 0.29) is 5.82 Å². The van der Waals surface area contributed by atoms with Crippen LogP contribution >= 0.6 is 0 Å². The van der Waals surface area contributed by atoms with Gasteiger partial charge in [-0.25, -0.2) is 4.39 Å². The molecule has 2 rings (SSSR count). The SMILES string of the molecule is C[C@H]1CC[C@](O)(c2cccc(F)c2)C1. The first-order valence-corrected chi connectivity index (χ1v) is 5.08. The molecular formula is C12H15FO. The average molecular weight is 194 g/mol. The molecule has 0 spiro atoms. The topological polar surface area (TPSA) is 20.2 Å². The van der Waals surface area contributed by atoms with E-state index in [0.29, 0.717) is 5.92 Å². The third kappa shape index (κ3) is 1.67. The Kier molecular flexibility index (Phi) is 2.31. The van der Waals surface area contributed by atoms with E-state index >= 15 is 0 Å². The smallest absolute Gasteiger partial charge is 0.123 e. The third-order valence-corrected chi connectivity index (χ3v) is 3.10. The van der Waals surface area contributed by atoms with Crippen molar-refractivity contribution in [1.82, 2.24) is 0 Å². The number of aliphatic hydroxyl groups is 1. The minimum Gasteiger partial charge on any atom is -0.385 e. The lowest BCUT2D eigenvalue weighted by Gasteiger charge is -2.23. The molecule has 1 aromatic carbocycles. The lowest BCUT2D eigenvalue weighted by atomic mass is 9.91. The van der Waals surface area contributed by atoms with Gasteiger partial charge in [0.2, 0.25) is 0 Å². The van der Waals surface area contributed by atoms with E-state index < -0.39 is 5.60 Å². The molecule has 1 aliphatic carbocycles. The van der Waals surface area contributed by atoms with Crippen LogP contribution in [-0.4, -0.2) is 5.11 Å². The molecule has 1 aliphatic rings. The number of rotatable bonds is 1. The quantitative estimate of drug-likeness (QED) is 0.728. The van der Waals surface area contributed by atoms with Crippen molar-refractivity contribution in [3.8, 4) is 0 Å². The molecule has 0 aliphatic heterocycles. The van der Waals surface area contributed by atoms with Crippen molar-refractivity contribution >= 4 is 0 Å². The zero-order valence-corrected chi connectivity index (χ0v) is 8.33. The molecule has 2 atom stereocenters. The van der Waals surface area contributed by atoms with Gasteiger partial charge in [0.05, 0.1) is 5.60 Å². The van der Waals surface area contributed by atoms with E-state index in [9.17, 15) is 9.50 Å². The summed E-state index contributed by atoms with van der Waals surface area (Å²) in [6.07, 6.45) is 2.51. The average Bonchev–Trinajstić information content (AvgIpc) is 2.48. The molecule has 1 N–H and O–H groups in total. The molecule has 2 heteroatoms. The fourth-order valence-corrected chi connectivity index (χ4v) is 2.31. The maximum atomic E-state index is 13.0. The highest BCUT2D eigenvalue weighted by molar-refractivity contribution is 5.24. The summed E-state index contributed by atoms with van der Waals surface area (Å²) in [7, 11) is 0. The highest BCUT2D eigenvalue weighted by Crippen LogP contribution is 2.41. The van der Waals surface area contributed by atoms with Gasteiger partial charge >= 0.3 is 0 Å². The normalized spacial score (nSPS) is 32.1. The van der Waals surface area contributed by atoms with Crippen molar-refractivity contribution in [1.29, 1.82) is 0 Å². The van der Waals surface area contributed by atoms with Crippen LogP contribution in [0.4, 0.5) is 4.39 Å². The van der Waals surface area contributed by atoms with Crippen LogP contribution in [-0.2, 0) is 5.60 Å². The Bertz CT molecular complexity index is 337. The van der Waals surface area contributed by atoms with Gasteiger partial charge in [0.25, 0.3) is 0 Å². The monoisotopic (exact) mass is 194 g/mol. The third-order valence-electron chi connectivity index (χ3n) is 3.10. The van der Waals surface area contributed by atoms with Crippen LogP contribution in [0.1, 0.15) is 31.7 Å². The van der Waals surface area contributed by atoms with Crippen molar-refractivity contribution < 1.29 is 9.50 Å². The molecule has 0 radical (unpaired) electrons. The van der Waals surface area contributed by atoms with E-state index in [4.69, 9.17) is 0 Å². The Morgan fingerprint density at radius 1 is 1.50 bits per heavy atom. The molecule has 1 nitrogen and oxygen atoms in total. The molecular weight excluding hydrogens is 179 g/mol. The maximum Gasteiger partial charge on any atom is 0.123 e. The second kappa shape index (κ2) is 3.35. The van der Waals surface area contributed by atoms with Gasteiger partial charge in [-0.2, -0.15) is 0 Å². The van der Waals surface area contributed by atoms with E-state index in [1.807, 2.05) is 0 Å². The molecule has 0 amide bonds. The summed E-state index contributed by atoms with van der Waals surface area (Å²) in [5.41, 5.74) is -0.0662. The molecule has 14 heavy (non-hydrogen) atoms. The minimum absolute atomic E-state index is 0.268. The fraction of sp³-hybridized carbons (Fsp3) is 0.500. The van der Waals surface area contributed by atoms with Gasteiger partial charge in [0.15, 0.2) is 0 Å². The maximum absolute atomic E-state index is 13.0. The molecule has 1 fully saturated rings. The van der Waals surface area contributed by atoms with Crippen molar-refractivity contribution in [2.45, 2.75) is 31.8 Å². The van der Waals surface area contributed by atoms with Gasteiger partial charge in [-0.15, -0.1) is 0 Å². The lowest BCUT2D eigenvalue weighted by Crippen LogP contribution is -2.21. The van der Waals surface area contributed by atoms with Crippen molar-refractivity contribution in [3.63, 3.8) is 0 Å². The summed E-state index contributed by atoms with van der Waals surface area (Å²) in [5, 5.41) is 10.3. The largest absolute Gasteiger partial charge is 0.385 e. The molecule has 1 aromatic rings. The van der Waals surface area contributed by atoms with Gasteiger partial charge in [-0.1, -0.05) is 19.1 Å². The first-order valence-electron chi connectivity index (χ1n) is 5.08. The number of benzene rings is 1. The summed E-state index contributed by atoms with van der Waals surface area (Å²) in [5.74, 6) is 0.263. The van der Waals surface area contributed by atoms with E-state index in [0.717, 1.165) is 24.8 Å². The number of halogens is 1. The van der Waals surface area contributed by atoms with Crippen LogP contribution in [0.5, 0.6) is 0 Å². The van der Waals surface area contributed by atoms with Crippen molar-refractivity contribution in [2.24, 2.45) is 5.92 Å². The number of hydrogen-bond donors (Lipinski definition) is 1. The van der Waals surface area contributed by atoms with Crippen molar-refractivity contribution in [2.75, 3.05) is 0 Å². The second-order valence-electron chi connectivity index (χ2n) is 4.39. The van der Waals surface area contributed by atoms with Crippen LogP contribution in [0, 0.1) is 11.7 Å². The molecule has 76 valence electrons. The van der Waals surface area contributed by atoms with Crippen LogP contribution in [0.2, 0.25) is 0 Å². The van der Waals surface area contributed by atoms with Gasteiger partial charge in [-0.05, 0) is 42.9 Å². The van der Waals surface area contributed by atoms with Gasteiger partial charge in [-0.3, -0.25) is 0 Å². The minimum atomic E-state index is -0.790. The predicted octanol–water partition coefficient (Wildman–Crippen LogP) is 2.83. The Hall–Kier alpha value is -0.890. The fourth-order valence-electron chi connectivity index (χ4n) is 2.31. The zero-order chi connectivity index (χ0) is 10.2. The molecule has 0 heterocycles. The highest BCUT2D eigenvalue weighted by atomic mass is 19.1. The van der Waals surface area contributed by atoms with E-state index in [1.54, 1.807) is 12.1 Å². The molecule has 0 unspecified atom stereocenters. The summed E-state index contributed by atoms with van der Waals surface area (Å²) < 4.78 is 13.0. The predicted molar refractivity (Wildman–Crippen MR) is 53.3 cm³/mol. The lowest BCUT2D eigenvalue weighted by molar-refractivity contribution is 0.0405. The van der Waals surface area contributed by atoms with Crippen LogP contribution < -0.4 is 0 Å².